The smallest absolute Gasteiger partial charge is 0.249 e. The molecule has 0 spiro atoms. The number of nitrogens with two attached hydrogens (primary N) is 1. The molecule has 0 radical (unpaired) electrons. The standard InChI is InChI=1S/C17H14BrNO/c1-10-15(18)9-8-14(17(19)20)16(10)13-7-3-5-11-4-2-6-12(11)13/h2-3,5-9,15H,1,4H2,(H2,19,20). The van der Waals surface area contributed by atoms with Crippen LogP contribution in [0, 0.1) is 0 Å². The van der Waals surface area contributed by atoms with Crippen LogP contribution in [-0.4, -0.2) is 10.7 Å². The van der Waals surface area contributed by atoms with Crippen molar-refractivity contribution >= 4 is 33.5 Å². The summed E-state index contributed by atoms with van der Waals surface area (Å²) in [5, 5.41) is 0. The molecule has 2 aliphatic rings. The molecule has 0 saturated heterocycles. The number of benzene rings is 1. The Morgan fingerprint density at radius 2 is 2.15 bits per heavy atom. The summed E-state index contributed by atoms with van der Waals surface area (Å²) in [6.45, 7) is 4.12. The van der Waals surface area contributed by atoms with Crippen LogP contribution in [0.2, 0.25) is 0 Å². The van der Waals surface area contributed by atoms with Gasteiger partial charge < -0.3 is 5.73 Å². The molecule has 1 aromatic carbocycles. The zero-order valence-electron chi connectivity index (χ0n) is 10.9. The lowest BCUT2D eigenvalue weighted by molar-refractivity contribution is -0.114. The van der Waals surface area contributed by atoms with Crippen molar-refractivity contribution in [2.75, 3.05) is 0 Å². The highest BCUT2D eigenvalue weighted by atomic mass is 79.9. The lowest BCUT2D eigenvalue weighted by atomic mass is 9.85. The zero-order chi connectivity index (χ0) is 14.3. The Bertz CT molecular complexity index is 710. The molecule has 2 aliphatic carbocycles. The number of carbonyl (C=O) groups excluding carboxylic acids is 1. The number of halogens is 1. The van der Waals surface area contributed by atoms with Crippen molar-refractivity contribution in [2.24, 2.45) is 5.73 Å². The number of rotatable bonds is 2. The van der Waals surface area contributed by atoms with Crippen molar-refractivity contribution < 1.29 is 4.79 Å². The Labute approximate surface area is 126 Å². The Morgan fingerprint density at radius 1 is 1.35 bits per heavy atom. The highest BCUT2D eigenvalue weighted by molar-refractivity contribution is 9.09. The number of carbonyl (C=O) groups is 1. The topological polar surface area (TPSA) is 43.1 Å². The average molecular weight is 328 g/mol. The summed E-state index contributed by atoms with van der Waals surface area (Å²) in [4.78, 5) is 11.8. The van der Waals surface area contributed by atoms with Crippen molar-refractivity contribution in [1.82, 2.24) is 0 Å². The van der Waals surface area contributed by atoms with E-state index in [9.17, 15) is 4.79 Å². The van der Waals surface area contributed by atoms with Gasteiger partial charge in [0.25, 0.3) is 0 Å². The lowest BCUT2D eigenvalue weighted by Gasteiger charge is -2.22. The summed E-state index contributed by atoms with van der Waals surface area (Å²) in [7, 11) is 0. The van der Waals surface area contributed by atoms with Gasteiger partial charge in [0.05, 0.1) is 4.83 Å². The molecule has 20 heavy (non-hydrogen) atoms. The number of fused-ring (bicyclic) bond motifs is 1. The summed E-state index contributed by atoms with van der Waals surface area (Å²) in [6, 6.07) is 6.15. The van der Waals surface area contributed by atoms with Crippen molar-refractivity contribution in [1.29, 1.82) is 0 Å². The van der Waals surface area contributed by atoms with Crippen LogP contribution in [0.15, 0.2) is 54.2 Å². The molecule has 100 valence electrons. The van der Waals surface area contributed by atoms with Crippen LogP contribution in [0.4, 0.5) is 0 Å². The molecule has 3 heteroatoms. The van der Waals surface area contributed by atoms with E-state index in [4.69, 9.17) is 5.73 Å². The molecule has 0 fully saturated rings. The van der Waals surface area contributed by atoms with Crippen LogP contribution in [0.1, 0.15) is 16.7 Å². The summed E-state index contributed by atoms with van der Waals surface area (Å²) < 4.78 is 0. The van der Waals surface area contributed by atoms with E-state index in [-0.39, 0.29) is 4.83 Å². The third-order valence-electron chi connectivity index (χ3n) is 3.71. The molecule has 2 N–H and O–H groups in total. The molecule has 0 heterocycles. The molecule has 3 rings (SSSR count). The maximum Gasteiger partial charge on any atom is 0.249 e. The van der Waals surface area contributed by atoms with Crippen LogP contribution >= 0.6 is 15.9 Å². The van der Waals surface area contributed by atoms with Crippen molar-refractivity contribution in [3.8, 4) is 0 Å². The van der Waals surface area contributed by atoms with Crippen molar-refractivity contribution in [3.63, 3.8) is 0 Å². The molecule has 1 unspecified atom stereocenters. The normalized spacial score (nSPS) is 20.4. The molecule has 0 bridgehead atoms. The zero-order valence-corrected chi connectivity index (χ0v) is 12.5. The molecule has 0 aliphatic heterocycles. The van der Waals surface area contributed by atoms with Crippen LogP contribution in [-0.2, 0) is 11.2 Å². The van der Waals surface area contributed by atoms with Crippen LogP contribution in [0.3, 0.4) is 0 Å². The predicted molar refractivity (Wildman–Crippen MR) is 86.3 cm³/mol. The van der Waals surface area contributed by atoms with Gasteiger partial charge in [0.15, 0.2) is 0 Å². The number of primary amides is 1. The summed E-state index contributed by atoms with van der Waals surface area (Å²) >= 11 is 3.56. The molecular formula is C17H14BrNO. The Hall–Kier alpha value is -1.87. The first-order valence-corrected chi connectivity index (χ1v) is 7.35. The predicted octanol–water partition coefficient (Wildman–Crippen LogP) is 3.38. The molecular weight excluding hydrogens is 314 g/mol. The van der Waals surface area contributed by atoms with Crippen LogP contribution < -0.4 is 5.73 Å². The summed E-state index contributed by atoms with van der Waals surface area (Å²) in [5.41, 5.74) is 11.2. The van der Waals surface area contributed by atoms with Gasteiger partial charge in [-0.2, -0.15) is 0 Å². The number of allylic oxidation sites excluding steroid dienone is 4. The Balaban J connectivity index is 2.27. The highest BCUT2D eigenvalue weighted by Crippen LogP contribution is 2.39. The second kappa shape index (κ2) is 4.91. The second-order valence-electron chi connectivity index (χ2n) is 4.92. The third-order valence-corrected chi connectivity index (χ3v) is 4.57. The Kier molecular flexibility index (Phi) is 3.22. The summed E-state index contributed by atoms with van der Waals surface area (Å²) in [6.07, 6.45) is 8.84. The van der Waals surface area contributed by atoms with E-state index in [1.54, 1.807) is 6.08 Å². The van der Waals surface area contributed by atoms with E-state index in [0.717, 1.165) is 28.7 Å². The summed E-state index contributed by atoms with van der Waals surface area (Å²) in [5.74, 6) is -0.420. The number of alkyl halides is 1. The van der Waals surface area contributed by atoms with Gasteiger partial charge in [-0.1, -0.05) is 65.0 Å². The fourth-order valence-electron chi connectivity index (χ4n) is 2.72. The first kappa shape index (κ1) is 13.1. The number of hydrogen-bond donors (Lipinski definition) is 1. The van der Waals surface area contributed by atoms with Gasteiger partial charge in [0.2, 0.25) is 5.91 Å². The highest BCUT2D eigenvalue weighted by Gasteiger charge is 2.25. The third kappa shape index (κ3) is 1.98. The van der Waals surface area contributed by atoms with Crippen molar-refractivity contribution in [2.45, 2.75) is 11.2 Å². The second-order valence-corrected chi connectivity index (χ2v) is 5.91. The Morgan fingerprint density at radius 3 is 2.90 bits per heavy atom. The fourth-order valence-corrected chi connectivity index (χ4v) is 3.11. The van der Waals surface area contributed by atoms with E-state index in [0.29, 0.717) is 5.57 Å². The first-order chi connectivity index (χ1) is 9.59. The van der Waals surface area contributed by atoms with Gasteiger partial charge in [0, 0.05) is 5.57 Å². The minimum atomic E-state index is -0.420. The quantitative estimate of drug-likeness (QED) is 0.831. The van der Waals surface area contributed by atoms with Gasteiger partial charge >= 0.3 is 0 Å². The van der Waals surface area contributed by atoms with Gasteiger partial charge in [0.1, 0.15) is 0 Å². The number of amides is 1. The van der Waals surface area contributed by atoms with E-state index >= 15 is 0 Å². The van der Waals surface area contributed by atoms with E-state index in [2.05, 4.69) is 40.7 Å². The fraction of sp³-hybridized carbons (Fsp3) is 0.118. The maximum atomic E-state index is 11.7. The molecule has 1 atom stereocenters. The van der Waals surface area contributed by atoms with Crippen LogP contribution in [0.25, 0.3) is 11.6 Å². The molecule has 2 nitrogen and oxygen atoms in total. The molecule has 1 amide bonds. The average Bonchev–Trinajstić information content (AvgIpc) is 2.89. The molecule has 0 saturated carbocycles. The first-order valence-electron chi connectivity index (χ1n) is 6.44. The minimum absolute atomic E-state index is 0.0295. The van der Waals surface area contributed by atoms with Crippen LogP contribution in [0.5, 0.6) is 0 Å². The monoisotopic (exact) mass is 327 g/mol. The minimum Gasteiger partial charge on any atom is -0.366 e. The molecule has 1 aromatic rings. The van der Waals surface area contributed by atoms with Gasteiger partial charge in [-0.3, -0.25) is 4.79 Å². The van der Waals surface area contributed by atoms with E-state index < -0.39 is 5.91 Å². The number of hydrogen-bond acceptors (Lipinski definition) is 1. The molecule has 0 aromatic heterocycles. The van der Waals surface area contributed by atoms with Gasteiger partial charge in [-0.05, 0) is 34.3 Å². The van der Waals surface area contributed by atoms with E-state index in [1.807, 2.05) is 18.2 Å². The SMILES string of the molecule is C=C1C(c2cccc3c2C=CC3)=C(C(N)=O)C=CC1Br. The van der Waals surface area contributed by atoms with Crippen molar-refractivity contribution in [3.05, 3.63) is 70.8 Å². The lowest BCUT2D eigenvalue weighted by Crippen LogP contribution is -2.19. The maximum absolute atomic E-state index is 11.7. The van der Waals surface area contributed by atoms with Gasteiger partial charge in [-0.15, -0.1) is 0 Å². The largest absolute Gasteiger partial charge is 0.366 e. The van der Waals surface area contributed by atoms with Gasteiger partial charge in [-0.25, -0.2) is 0 Å². The van der Waals surface area contributed by atoms with E-state index in [1.165, 1.54) is 5.56 Å².